The fourth-order valence-corrected chi connectivity index (χ4v) is 2.96. The molecule has 0 amide bonds. The second-order valence-corrected chi connectivity index (χ2v) is 6.68. The van der Waals surface area contributed by atoms with Gasteiger partial charge in [-0.15, -0.1) is 0 Å². The summed E-state index contributed by atoms with van der Waals surface area (Å²) < 4.78 is 115. The van der Waals surface area contributed by atoms with Crippen LogP contribution in [0.25, 0.3) is 0 Å². The van der Waals surface area contributed by atoms with Crippen LogP contribution in [0.1, 0.15) is 16.7 Å². The Morgan fingerprint density at radius 1 is 0.500 bits per heavy atom. The van der Waals surface area contributed by atoms with E-state index in [0.29, 0.717) is 12.1 Å². The van der Waals surface area contributed by atoms with E-state index < -0.39 is 74.7 Å². The molecule has 3 aromatic rings. The summed E-state index contributed by atoms with van der Waals surface area (Å²) in [6, 6.07) is 2.63. The van der Waals surface area contributed by atoms with Crippen molar-refractivity contribution in [1.29, 1.82) is 0 Å². The zero-order valence-corrected chi connectivity index (χ0v) is 15.8. The summed E-state index contributed by atoms with van der Waals surface area (Å²) in [6.07, 6.45) is 0. The van der Waals surface area contributed by atoms with Crippen LogP contribution in [0.5, 0.6) is 0 Å². The molecule has 0 saturated carbocycles. The minimum atomic E-state index is -1.99. The minimum absolute atomic E-state index is 0.0615. The second kappa shape index (κ2) is 7.62. The van der Waals surface area contributed by atoms with Gasteiger partial charge in [0.2, 0.25) is 0 Å². The number of anilines is 3. The molecule has 0 aliphatic carbocycles. The maximum Gasteiger partial charge on any atom is 0.186 e. The number of rotatable bonds is 3. The number of nitrogens with zero attached hydrogens (tertiary/aromatic N) is 1. The van der Waals surface area contributed by atoms with Crippen LogP contribution in [0.4, 0.5) is 52.2 Å². The summed E-state index contributed by atoms with van der Waals surface area (Å²) in [5, 5.41) is 0. The first-order chi connectivity index (χ1) is 14.0. The zero-order chi connectivity index (χ0) is 22.5. The fraction of sp³-hybridized carbons (Fsp3) is 0.143. The van der Waals surface area contributed by atoms with Crippen LogP contribution in [0.3, 0.4) is 0 Å². The van der Waals surface area contributed by atoms with Crippen molar-refractivity contribution >= 4 is 17.1 Å². The average Bonchev–Trinajstić information content (AvgIpc) is 2.66. The molecule has 3 aromatic carbocycles. The maximum atomic E-state index is 14.7. The first-order valence-corrected chi connectivity index (χ1v) is 8.49. The van der Waals surface area contributed by atoms with E-state index in [1.54, 1.807) is 0 Å². The van der Waals surface area contributed by atoms with Crippen molar-refractivity contribution in [2.24, 2.45) is 0 Å². The summed E-state index contributed by atoms with van der Waals surface area (Å²) in [7, 11) is 0. The Labute approximate surface area is 166 Å². The third-order valence-electron chi connectivity index (χ3n) is 4.59. The maximum absolute atomic E-state index is 14.7. The van der Waals surface area contributed by atoms with E-state index >= 15 is 0 Å². The SMILES string of the molecule is Cc1cc(F)c(N(c2cc(F)c(C)c(F)c2)c2c(F)c(F)c(C)c(F)c2F)c(F)c1. The van der Waals surface area contributed by atoms with E-state index in [2.05, 4.69) is 0 Å². The van der Waals surface area contributed by atoms with Crippen molar-refractivity contribution < 1.29 is 35.1 Å². The lowest BCUT2D eigenvalue weighted by atomic mass is 10.1. The molecule has 0 saturated heterocycles. The molecule has 0 heterocycles. The van der Waals surface area contributed by atoms with Crippen molar-refractivity contribution in [1.82, 2.24) is 0 Å². The van der Waals surface area contributed by atoms with E-state index in [9.17, 15) is 35.1 Å². The van der Waals surface area contributed by atoms with Gasteiger partial charge >= 0.3 is 0 Å². The Morgan fingerprint density at radius 3 is 1.37 bits per heavy atom. The van der Waals surface area contributed by atoms with E-state index in [1.165, 1.54) is 6.92 Å². The van der Waals surface area contributed by atoms with Crippen molar-refractivity contribution in [2.75, 3.05) is 4.90 Å². The Hall–Kier alpha value is -3.10. The van der Waals surface area contributed by atoms with E-state index in [0.717, 1.165) is 26.0 Å². The number of benzene rings is 3. The van der Waals surface area contributed by atoms with Gasteiger partial charge in [0.25, 0.3) is 0 Å². The molecule has 0 aromatic heterocycles. The molecule has 30 heavy (non-hydrogen) atoms. The molecule has 0 aliphatic rings. The van der Waals surface area contributed by atoms with Gasteiger partial charge in [-0.3, -0.25) is 4.90 Å². The largest absolute Gasteiger partial charge is 0.300 e. The van der Waals surface area contributed by atoms with E-state index in [4.69, 9.17) is 0 Å². The molecule has 0 radical (unpaired) electrons. The Kier molecular flexibility index (Phi) is 5.49. The molecule has 0 atom stereocenters. The Morgan fingerprint density at radius 2 is 0.933 bits per heavy atom. The third kappa shape index (κ3) is 3.38. The van der Waals surface area contributed by atoms with Gasteiger partial charge in [-0.25, -0.2) is 35.1 Å². The number of halogens is 8. The second-order valence-electron chi connectivity index (χ2n) is 6.68. The highest BCUT2D eigenvalue weighted by Gasteiger charge is 2.32. The first kappa shape index (κ1) is 21.6. The van der Waals surface area contributed by atoms with Crippen LogP contribution >= 0.6 is 0 Å². The quantitative estimate of drug-likeness (QED) is 0.313. The summed E-state index contributed by atoms with van der Waals surface area (Å²) in [5.41, 5.74) is -4.95. The molecule has 3 rings (SSSR count). The Bertz CT molecular complexity index is 1100. The summed E-state index contributed by atoms with van der Waals surface area (Å²) in [4.78, 5) is 0.0615. The van der Waals surface area contributed by atoms with Crippen molar-refractivity contribution in [3.63, 3.8) is 0 Å². The molecule has 0 spiro atoms. The minimum Gasteiger partial charge on any atom is -0.300 e. The predicted octanol–water partition coefficient (Wildman–Crippen LogP) is 7.19. The van der Waals surface area contributed by atoms with Gasteiger partial charge < -0.3 is 0 Å². The van der Waals surface area contributed by atoms with Crippen LogP contribution < -0.4 is 4.90 Å². The molecule has 0 fully saturated rings. The van der Waals surface area contributed by atoms with Gasteiger partial charge in [0.1, 0.15) is 34.6 Å². The molecular weight excluding hydrogens is 418 g/mol. The van der Waals surface area contributed by atoms with Gasteiger partial charge in [-0.05, 0) is 50.6 Å². The molecular formula is C21H13F8N. The van der Waals surface area contributed by atoms with E-state index in [-0.39, 0.29) is 10.5 Å². The fourth-order valence-electron chi connectivity index (χ4n) is 2.96. The first-order valence-electron chi connectivity index (χ1n) is 8.49. The zero-order valence-electron chi connectivity index (χ0n) is 15.8. The van der Waals surface area contributed by atoms with Crippen LogP contribution in [-0.2, 0) is 0 Å². The molecule has 0 aliphatic heterocycles. The Balaban J connectivity index is 2.49. The standard InChI is InChI=1S/C21H13F8N/c1-8-4-14(24)20(15(25)5-8)30(11-6-12(22)9(2)13(23)7-11)21-18(28)16(26)10(3)17(27)19(21)29/h4-7H,1-3H3. The van der Waals surface area contributed by atoms with Gasteiger partial charge in [0, 0.05) is 11.1 Å². The lowest BCUT2D eigenvalue weighted by Gasteiger charge is -2.28. The topological polar surface area (TPSA) is 3.24 Å². The van der Waals surface area contributed by atoms with Crippen LogP contribution in [0.15, 0.2) is 24.3 Å². The van der Waals surface area contributed by atoms with Gasteiger partial charge in [-0.1, -0.05) is 0 Å². The molecule has 9 heteroatoms. The van der Waals surface area contributed by atoms with Crippen LogP contribution in [0.2, 0.25) is 0 Å². The molecule has 0 bridgehead atoms. The highest BCUT2D eigenvalue weighted by Crippen LogP contribution is 2.43. The normalized spacial score (nSPS) is 11.2. The van der Waals surface area contributed by atoms with E-state index in [1.807, 2.05) is 0 Å². The number of hydrogen-bond donors (Lipinski definition) is 0. The van der Waals surface area contributed by atoms with Crippen molar-refractivity contribution in [2.45, 2.75) is 20.8 Å². The lowest BCUT2D eigenvalue weighted by Crippen LogP contribution is -2.20. The van der Waals surface area contributed by atoms with Gasteiger partial charge in [0.15, 0.2) is 23.3 Å². The van der Waals surface area contributed by atoms with Gasteiger partial charge in [-0.2, -0.15) is 0 Å². The molecule has 158 valence electrons. The van der Waals surface area contributed by atoms with Crippen LogP contribution in [-0.4, -0.2) is 0 Å². The summed E-state index contributed by atoms with van der Waals surface area (Å²) >= 11 is 0. The number of aryl methyl sites for hydroxylation is 1. The van der Waals surface area contributed by atoms with Crippen molar-refractivity contribution in [3.8, 4) is 0 Å². The van der Waals surface area contributed by atoms with Gasteiger partial charge in [0.05, 0.1) is 5.69 Å². The molecule has 1 nitrogen and oxygen atoms in total. The predicted molar refractivity (Wildman–Crippen MR) is 95.0 cm³/mol. The molecule has 0 unspecified atom stereocenters. The average molecular weight is 431 g/mol. The summed E-state index contributed by atoms with van der Waals surface area (Å²) in [5.74, 6) is -12.8. The molecule has 0 N–H and O–H groups in total. The van der Waals surface area contributed by atoms with Crippen molar-refractivity contribution in [3.05, 3.63) is 87.5 Å². The highest BCUT2D eigenvalue weighted by molar-refractivity contribution is 5.78. The lowest BCUT2D eigenvalue weighted by molar-refractivity contribution is 0.447. The smallest absolute Gasteiger partial charge is 0.186 e. The monoisotopic (exact) mass is 431 g/mol. The van der Waals surface area contributed by atoms with Crippen LogP contribution in [0, 0.1) is 67.3 Å². The number of hydrogen-bond acceptors (Lipinski definition) is 1. The third-order valence-corrected chi connectivity index (χ3v) is 4.59. The highest BCUT2D eigenvalue weighted by atomic mass is 19.2. The summed E-state index contributed by atoms with van der Waals surface area (Å²) in [6.45, 7) is 3.12.